The van der Waals surface area contributed by atoms with Gasteiger partial charge in [-0.15, -0.1) is 10.2 Å². The molecule has 0 saturated carbocycles. The van der Waals surface area contributed by atoms with Crippen LogP contribution in [0.25, 0.3) is 10.9 Å². The first-order valence-electron chi connectivity index (χ1n) is 6.18. The van der Waals surface area contributed by atoms with E-state index in [0.29, 0.717) is 10.9 Å². The van der Waals surface area contributed by atoms with Crippen molar-refractivity contribution >= 4 is 44.2 Å². The highest BCUT2D eigenvalue weighted by Gasteiger charge is 2.25. The molecule has 0 unspecified atom stereocenters. The molecule has 0 saturated heterocycles. The lowest BCUT2D eigenvalue weighted by Gasteiger charge is -1.96. The van der Waals surface area contributed by atoms with Gasteiger partial charge < -0.3 is 20.6 Å². The minimum absolute atomic E-state index is 0.0876. The van der Waals surface area contributed by atoms with Gasteiger partial charge in [0.05, 0.1) is 10.7 Å². The van der Waals surface area contributed by atoms with Gasteiger partial charge in [-0.25, -0.2) is 0 Å². The second kappa shape index (κ2) is 5.35. The molecule has 0 bridgehead atoms. The van der Waals surface area contributed by atoms with Crippen LogP contribution in [0.4, 0.5) is 11.5 Å². The van der Waals surface area contributed by atoms with Crippen LogP contribution in [0.5, 0.6) is 5.88 Å². The summed E-state index contributed by atoms with van der Waals surface area (Å²) in [5.41, 5.74) is 5.55. The number of anilines is 1. The van der Waals surface area contributed by atoms with Crippen LogP contribution in [0.2, 0.25) is 0 Å². The second-order valence-electron chi connectivity index (χ2n) is 4.56. The zero-order chi connectivity index (χ0) is 16.7. The summed E-state index contributed by atoms with van der Waals surface area (Å²) in [5.74, 6) is -1.61. The van der Waals surface area contributed by atoms with Crippen molar-refractivity contribution in [2.75, 3.05) is 5.73 Å². The molecule has 1 aromatic carbocycles. The largest absolute Gasteiger partial charge is 0.493 e. The van der Waals surface area contributed by atoms with Gasteiger partial charge in [0.1, 0.15) is 0 Å². The van der Waals surface area contributed by atoms with Crippen molar-refractivity contribution in [3.05, 3.63) is 33.6 Å². The quantitative estimate of drug-likeness (QED) is 0.511. The number of azo groups is 1. The van der Waals surface area contributed by atoms with Crippen LogP contribution >= 0.6 is 15.9 Å². The number of nitrogens with two attached hydrogens (primary N) is 1. The molecule has 3 rings (SSSR count). The fourth-order valence-electron chi connectivity index (χ4n) is 2.07. The summed E-state index contributed by atoms with van der Waals surface area (Å²) >= 11 is 3.32. The number of benzene rings is 1. The maximum atomic E-state index is 11.9. The standard InChI is InChI=1S/C12H9BrN6O4/c1-18-7-3-2-5(13)4-6(7)8(12(18)21)15-16-11(20)9-10(14)17-23-19(9)22/h2-4,21H,1H3,(H2,14,17). The van der Waals surface area contributed by atoms with Gasteiger partial charge >= 0.3 is 17.4 Å². The lowest BCUT2D eigenvalue weighted by Crippen LogP contribution is -2.30. The van der Waals surface area contributed by atoms with E-state index in [2.05, 4.69) is 35.9 Å². The van der Waals surface area contributed by atoms with Crippen LogP contribution in [-0.4, -0.2) is 20.7 Å². The van der Waals surface area contributed by atoms with Gasteiger partial charge in [-0.05, 0) is 23.1 Å². The van der Waals surface area contributed by atoms with Gasteiger partial charge in [0, 0.05) is 16.9 Å². The minimum Gasteiger partial charge on any atom is -0.493 e. The predicted molar refractivity (Wildman–Crippen MR) is 81.0 cm³/mol. The summed E-state index contributed by atoms with van der Waals surface area (Å²) in [6, 6.07) is 5.28. The van der Waals surface area contributed by atoms with E-state index < -0.39 is 17.4 Å². The van der Waals surface area contributed by atoms with Crippen molar-refractivity contribution in [1.29, 1.82) is 0 Å². The lowest BCUT2D eigenvalue weighted by atomic mass is 10.2. The molecule has 23 heavy (non-hydrogen) atoms. The van der Waals surface area contributed by atoms with Crippen LogP contribution in [0.1, 0.15) is 10.5 Å². The molecule has 2 heterocycles. The zero-order valence-corrected chi connectivity index (χ0v) is 13.2. The number of aromatic nitrogens is 3. The number of halogens is 1. The fourth-order valence-corrected chi connectivity index (χ4v) is 2.43. The van der Waals surface area contributed by atoms with Crippen molar-refractivity contribution in [3.8, 4) is 5.88 Å². The number of nitrogen functional groups attached to an aromatic ring is 1. The Hall–Kier alpha value is -2.95. The molecule has 0 spiro atoms. The molecule has 0 aliphatic heterocycles. The molecule has 0 aliphatic carbocycles. The molecule has 1 amide bonds. The molecule has 3 N–H and O–H groups in total. The Morgan fingerprint density at radius 2 is 2.30 bits per heavy atom. The smallest absolute Gasteiger partial charge is 0.345 e. The first-order valence-corrected chi connectivity index (χ1v) is 6.97. The van der Waals surface area contributed by atoms with Crippen molar-refractivity contribution in [3.63, 3.8) is 0 Å². The lowest BCUT2D eigenvalue weighted by molar-refractivity contribution is -0.803. The Morgan fingerprint density at radius 3 is 2.96 bits per heavy atom. The number of carbonyl (C=O) groups is 1. The van der Waals surface area contributed by atoms with E-state index in [0.717, 1.165) is 4.47 Å². The van der Waals surface area contributed by atoms with E-state index in [1.54, 1.807) is 25.2 Å². The number of nitrogens with zero attached hydrogens (tertiary/aromatic N) is 5. The molecule has 0 radical (unpaired) electrons. The molecule has 10 nitrogen and oxygen atoms in total. The Kier molecular flexibility index (Phi) is 3.48. The highest BCUT2D eigenvalue weighted by atomic mass is 79.9. The second-order valence-corrected chi connectivity index (χ2v) is 5.48. The van der Waals surface area contributed by atoms with E-state index in [4.69, 9.17) is 5.73 Å². The molecular weight excluding hydrogens is 372 g/mol. The number of aromatic hydroxyl groups is 1. The average molecular weight is 381 g/mol. The van der Waals surface area contributed by atoms with Crippen LogP contribution in [0.3, 0.4) is 0 Å². The van der Waals surface area contributed by atoms with Crippen molar-refractivity contribution in [2.24, 2.45) is 17.3 Å². The van der Waals surface area contributed by atoms with Crippen LogP contribution in [0, 0.1) is 5.21 Å². The van der Waals surface area contributed by atoms with E-state index in [9.17, 15) is 15.1 Å². The highest BCUT2D eigenvalue weighted by molar-refractivity contribution is 9.10. The summed E-state index contributed by atoms with van der Waals surface area (Å²) in [6.07, 6.45) is 0. The molecule has 3 aromatic rings. The third kappa shape index (κ3) is 2.40. The van der Waals surface area contributed by atoms with Gasteiger partial charge in [-0.3, -0.25) is 9.42 Å². The third-order valence-corrected chi connectivity index (χ3v) is 3.68. The topological polar surface area (TPSA) is 146 Å². The first-order chi connectivity index (χ1) is 10.9. The maximum absolute atomic E-state index is 11.9. The van der Waals surface area contributed by atoms with Crippen molar-refractivity contribution in [2.45, 2.75) is 0 Å². The summed E-state index contributed by atoms with van der Waals surface area (Å²) in [4.78, 5) is 11.7. The SMILES string of the molecule is Cn1c(O)c(N=NC(=O)c2c(N)no[n+]2[O-])c2cc(Br)ccc21. The number of rotatable bonds is 2. The monoisotopic (exact) mass is 380 g/mol. The normalized spacial score (nSPS) is 11.6. The van der Waals surface area contributed by atoms with E-state index in [1.807, 2.05) is 0 Å². The van der Waals surface area contributed by atoms with E-state index >= 15 is 0 Å². The Labute approximate surface area is 136 Å². The first kappa shape index (κ1) is 15.0. The highest BCUT2D eigenvalue weighted by Crippen LogP contribution is 2.39. The van der Waals surface area contributed by atoms with Gasteiger partial charge in [-0.2, -0.15) is 0 Å². The number of fused-ring (bicyclic) bond motifs is 1. The molecule has 11 heteroatoms. The Morgan fingerprint density at radius 1 is 1.57 bits per heavy atom. The average Bonchev–Trinajstić information content (AvgIpc) is 2.96. The molecule has 2 aromatic heterocycles. The maximum Gasteiger partial charge on any atom is 0.345 e. The van der Waals surface area contributed by atoms with Gasteiger partial charge in [-0.1, -0.05) is 15.9 Å². The summed E-state index contributed by atoms with van der Waals surface area (Å²) in [6.45, 7) is 0. The summed E-state index contributed by atoms with van der Waals surface area (Å²) in [7, 11) is 1.63. The predicted octanol–water partition coefficient (Wildman–Crippen LogP) is 1.77. The van der Waals surface area contributed by atoms with Gasteiger partial charge in [0.25, 0.3) is 0 Å². The van der Waals surface area contributed by atoms with E-state index in [1.165, 1.54) is 4.57 Å². The zero-order valence-electron chi connectivity index (χ0n) is 11.6. The van der Waals surface area contributed by atoms with E-state index in [-0.39, 0.29) is 16.5 Å². The molecule has 0 aliphatic rings. The fraction of sp³-hybridized carbons (Fsp3) is 0.0833. The number of amides is 1. The van der Waals surface area contributed by atoms with Crippen molar-refractivity contribution < 1.29 is 19.4 Å². The third-order valence-electron chi connectivity index (χ3n) is 3.19. The Balaban J connectivity index is 2.06. The number of hydrogen-bond acceptors (Lipinski definition) is 7. The number of carbonyl (C=O) groups excluding carboxylic acids is 1. The Bertz CT molecular complexity index is 941. The molecule has 118 valence electrons. The summed E-state index contributed by atoms with van der Waals surface area (Å²) < 4.78 is 6.44. The number of aryl methyl sites for hydroxylation is 1. The van der Waals surface area contributed by atoms with Crippen LogP contribution in [-0.2, 0) is 7.05 Å². The van der Waals surface area contributed by atoms with Gasteiger partial charge in [0.2, 0.25) is 5.88 Å². The minimum atomic E-state index is -1.04. The molecular formula is C12H9BrN6O4. The van der Waals surface area contributed by atoms with Crippen LogP contribution < -0.4 is 10.6 Å². The van der Waals surface area contributed by atoms with Crippen molar-refractivity contribution in [1.82, 2.24) is 9.72 Å². The summed E-state index contributed by atoms with van der Waals surface area (Å²) in [5, 5.41) is 32.2. The van der Waals surface area contributed by atoms with Crippen LogP contribution in [0.15, 0.2) is 37.5 Å². The molecule has 0 atom stereocenters. The van der Waals surface area contributed by atoms with Gasteiger partial charge in [0.15, 0.2) is 5.69 Å². The number of hydrogen-bond donors (Lipinski definition) is 2. The molecule has 0 fully saturated rings.